The Balaban J connectivity index is 0.00000180. The lowest BCUT2D eigenvalue weighted by Gasteiger charge is -2.05. The minimum Gasteiger partial charge on any atom is -0.356 e. The first kappa shape index (κ1) is 15.5. The van der Waals surface area contributed by atoms with Crippen LogP contribution in [0.5, 0.6) is 0 Å². The van der Waals surface area contributed by atoms with Gasteiger partial charge in [0.15, 0.2) is 0 Å². The van der Waals surface area contributed by atoms with Gasteiger partial charge >= 0.3 is 0 Å². The second-order valence-electron chi connectivity index (χ2n) is 4.90. The van der Waals surface area contributed by atoms with E-state index in [0.29, 0.717) is 18.9 Å². The van der Waals surface area contributed by atoms with Crippen molar-refractivity contribution in [2.24, 2.45) is 5.92 Å². The molecular weight excluding hydrogens is 262 g/mol. The molecule has 4 nitrogen and oxygen atoms in total. The van der Waals surface area contributed by atoms with Gasteiger partial charge in [0.2, 0.25) is 5.91 Å². The average Bonchev–Trinajstić information content (AvgIpc) is 2.70. The van der Waals surface area contributed by atoms with Crippen molar-refractivity contribution < 1.29 is 4.79 Å². The number of aromatic nitrogens is 2. The molecule has 1 aromatic carbocycles. The van der Waals surface area contributed by atoms with E-state index in [0.717, 1.165) is 23.3 Å². The monoisotopic (exact) mass is 281 g/mol. The Morgan fingerprint density at radius 1 is 1.37 bits per heavy atom. The first-order valence-corrected chi connectivity index (χ1v) is 6.35. The van der Waals surface area contributed by atoms with Crippen LogP contribution in [0.4, 0.5) is 0 Å². The third-order valence-electron chi connectivity index (χ3n) is 2.72. The number of aromatic amines is 1. The summed E-state index contributed by atoms with van der Waals surface area (Å²) >= 11 is 0. The first-order valence-electron chi connectivity index (χ1n) is 6.35. The molecule has 104 valence electrons. The minimum atomic E-state index is 0. The molecule has 0 aliphatic carbocycles. The van der Waals surface area contributed by atoms with E-state index in [9.17, 15) is 4.79 Å². The maximum atomic E-state index is 11.5. The SMILES string of the molecule is CC(C)CC(=O)NCCc1nc2ccccc2[nH]1.Cl. The zero-order chi connectivity index (χ0) is 13.0. The van der Waals surface area contributed by atoms with Crippen molar-refractivity contribution >= 4 is 29.3 Å². The van der Waals surface area contributed by atoms with E-state index in [1.807, 2.05) is 38.1 Å². The van der Waals surface area contributed by atoms with Crippen LogP contribution in [0.1, 0.15) is 26.1 Å². The van der Waals surface area contributed by atoms with Gasteiger partial charge in [0, 0.05) is 19.4 Å². The molecule has 0 atom stereocenters. The topological polar surface area (TPSA) is 57.8 Å². The summed E-state index contributed by atoms with van der Waals surface area (Å²) in [5.41, 5.74) is 2.02. The van der Waals surface area contributed by atoms with Crippen molar-refractivity contribution in [2.45, 2.75) is 26.7 Å². The van der Waals surface area contributed by atoms with Gasteiger partial charge < -0.3 is 10.3 Å². The second kappa shape index (κ2) is 7.14. The smallest absolute Gasteiger partial charge is 0.220 e. The maximum absolute atomic E-state index is 11.5. The van der Waals surface area contributed by atoms with Crippen LogP contribution in [0.15, 0.2) is 24.3 Å². The van der Waals surface area contributed by atoms with Gasteiger partial charge in [-0.1, -0.05) is 26.0 Å². The summed E-state index contributed by atoms with van der Waals surface area (Å²) in [6.07, 6.45) is 1.32. The van der Waals surface area contributed by atoms with Crippen LogP contribution < -0.4 is 5.32 Å². The lowest BCUT2D eigenvalue weighted by Crippen LogP contribution is -2.26. The number of nitrogens with one attached hydrogen (secondary N) is 2. The summed E-state index contributed by atoms with van der Waals surface area (Å²) in [6.45, 7) is 4.71. The van der Waals surface area contributed by atoms with E-state index in [1.54, 1.807) is 0 Å². The molecule has 0 aliphatic rings. The minimum absolute atomic E-state index is 0. The highest BCUT2D eigenvalue weighted by Gasteiger charge is 2.05. The number of rotatable bonds is 5. The fraction of sp³-hybridized carbons (Fsp3) is 0.429. The second-order valence-corrected chi connectivity index (χ2v) is 4.90. The van der Waals surface area contributed by atoms with E-state index in [2.05, 4.69) is 15.3 Å². The molecule has 2 rings (SSSR count). The molecule has 0 aliphatic heterocycles. The summed E-state index contributed by atoms with van der Waals surface area (Å²) in [4.78, 5) is 19.2. The Morgan fingerprint density at radius 3 is 2.79 bits per heavy atom. The van der Waals surface area contributed by atoms with Crippen LogP contribution >= 0.6 is 12.4 Å². The standard InChI is InChI=1S/C14H19N3O.ClH/c1-10(2)9-14(18)15-8-7-13-16-11-5-3-4-6-12(11)17-13;/h3-6,10H,7-9H2,1-2H3,(H,15,18)(H,16,17);1H. The Morgan fingerprint density at radius 2 is 2.11 bits per heavy atom. The Kier molecular flexibility index (Phi) is 5.83. The predicted molar refractivity (Wildman–Crippen MR) is 79.5 cm³/mol. The van der Waals surface area contributed by atoms with E-state index in [4.69, 9.17) is 0 Å². The van der Waals surface area contributed by atoms with E-state index < -0.39 is 0 Å². The number of para-hydroxylation sites is 2. The predicted octanol–water partition coefficient (Wildman–Crippen LogP) is 2.69. The van der Waals surface area contributed by atoms with Gasteiger partial charge in [-0.05, 0) is 18.1 Å². The molecule has 0 bridgehead atoms. The third kappa shape index (κ3) is 4.56. The molecule has 0 fully saturated rings. The van der Waals surface area contributed by atoms with Crippen LogP contribution in [0, 0.1) is 5.92 Å². The number of nitrogens with zero attached hydrogens (tertiary/aromatic N) is 1. The number of hydrogen-bond donors (Lipinski definition) is 2. The Hall–Kier alpha value is -1.55. The van der Waals surface area contributed by atoms with Crippen LogP contribution in [0.25, 0.3) is 11.0 Å². The molecule has 2 N–H and O–H groups in total. The quantitative estimate of drug-likeness (QED) is 0.885. The summed E-state index contributed by atoms with van der Waals surface area (Å²) in [6, 6.07) is 7.93. The van der Waals surface area contributed by atoms with Crippen molar-refractivity contribution in [3.05, 3.63) is 30.1 Å². The first-order chi connectivity index (χ1) is 8.65. The number of amides is 1. The average molecular weight is 282 g/mol. The molecule has 0 unspecified atom stereocenters. The lowest BCUT2D eigenvalue weighted by molar-refractivity contribution is -0.121. The third-order valence-corrected chi connectivity index (χ3v) is 2.72. The van der Waals surface area contributed by atoms with Gasteiger partial charge in [-0.3, -0.25) is 4.79 Å². The molecule has 1 aromatic heterocycles. The molecule has 2 aromatic rings. The molecular formula is C14H20ClN3O. The van der Waals surface area contributed by atoms with Crippen LogP contribution in [-0.2, 0) is 11.2 Å². The number of carbonyl (C=O) groups excluding carboxylic acids is 1. The molecule has 19 heavy (non-hydrogen) atoms. The van der Waals surface area contributed by atoms with Crippen molar-refractivity contribution in [3.8, 4) is 0 Å². The van der Waals surface area contributed by atoms with E-state index in [-0.39, 0.29) is 18.3 Å². The van der Waals surface area contributed by atoms with Crippen molar-refractivity contribution in [3.63, 3.8) is 0 Å². The van der Waals surface area contributed by atoms with Gasteiger partial charge in [-0.25, -0.2) is 4.98 Å². The summed E-state index contributed by atoms with van der Waals surface area (Å²) in [5.74, 6) is 1.43. The zero-order valence-electron chi connectivity index (χ0n) is 11.3. The van der Waals surface area contributed by atoms with Gasteiger partial charge in [-0.2, -0.15) is 0 Å². The van der Waals surface area contributed by atoms with Gasteiger partial charge in [0.25, 0.3) is 0 Å². The largest absolute Gasteiger partial charge is 0.356 e. The highest BCUT2D eigenvalue weighted by Crippen LogP contribution is 2.10. The number of H-pyrrole nitrogens is 1. The highest BCUT2D eigenvalue weighted by atomic mass is 35.5. The molecule has 0 saturated carbocycles. The molecule has 5 heteroatoms. The van der Waals surface area contributed by atoms with Crippen LogP contribution in [0.3, 0.4) is 0 Å². The van der Waals surface area contributed by atoms with E-state index >= 15 is 0 Å². The zero-order valence-corrected chi connectivity index (χ0v) is 12.1. The number of halogens is 1. The normalized spacial score (nSPS) is 10.5. The fourth-order valence-electron chi connectivity index (χ4n) is 1.89. The van der Waals surface area contributed by atoms with Gasteiger partial charge in [0.05, 0.1) is 11.0 Å². The maximum Gasteiger partial charge on any atom is 0.220 e. The number of fused-ring (bicyclic) bond motifs is 1. The Labute approximate surface area is 119 Å². The number of imidazole rings is 1. The van der Waals surface area contributed by atoms with Crippen molar-refractivity contribution in [1.29, 1.82) is 0 Å². The Bertz CT molecular complexity index is 503. The number of hydrogen-bond acceptors (Lipinski definition) is 2. The van der Waals surface area contributed by atoms with Crippen LogP contribution in [-0.4, -0.2) is 22.4 Å². The highest BCUT2D eigenvalue weighted by molar-refractivity contribution is 5.85. The van der Waals surface area contributed by atoms with Crippen molar-refractivity contribution in [1.82, 2.24) is 15.3 Å². The van der Waals surface area contributed by atoms with E-state index in [1.165, 1.54) is 0 Å². The molecule has 1 heterocycles. The molecule has 0 radical (unpaired) electrons. The summed E-state index contributed by atoms with van der Waals surface area (Å²) in [5, 5.41) is 2.91. The van der Waals surface area contributed by atoms with Crippen molar-refractivity contribution in [2.75, 3.05) is 6.54 Å². The van der Waals surface area contributed by atoms with Crippen LogP contribution in [0.2, 0.25) is 0 Å². The number of carbonyl (C=O) groups is 1. The number of benzene rings is 1. The summed E-state index contributed by atoms with van der Waals surface area (Å²) < 4.78 is 0. The lowest BCUT2D eigenvalue weighted by atomic mass is 10.1. The fourth-order valence-corrected chi connectivity index (χ4v) is 1.89. The van der Waals surface area contributed by atoms with Gasteiger partial charge in [-0.15, -0.1) is 12.4 Å². The molecule has 1 amide bonds. The summed E-state index contributed by atoms with van der Waals surface area (Å²) in [7, 11) is 0. The molecule has 0 spiro atoms. The molecule has 0 saturated heterocycles. The van der Waals surface area contributed by atoms with Gasteiger partial charge in [0.1, 0.15) is 5.82 Å².